The molecule has 0 atom stereocenters. The summed E-state index contributed by atoms with van der Waals surface area (Å²) in [6.07, 6.45) is 4.93. The Morgan fingerprint density at radius 2 is 1.78 bits per heavy atom. The summed E-state index contributed by atoms with van der Waals surface area (Å²) in [5.41, 5.74) is 5.39. The van der Waals surface area contributed by atoms with Crippen LogP contribution in [0.5, 0.6) is 0 Å². The molecular formula is C16H20N2. The molecule has 0 bridgehead atoms. The van der Waals surface area contributed by atoms with Gasteiger partial charge in [0.25, 0.3) is 0 Å². The van der Waals surface area contributed by atoms with Gasteiger partial charge in [-0.15, -0.1) is 0 Å². The molecular weight excluding hydrogens is 220 g/mol. The third-order valence-electron chi connectivity index (χ3n) is 4.14. The summed E-state index contributed by atoms with van der Waals surface area (Å²) in [7, 11) is 0. The van der Waals surface area contributed by atoms with E-state index in [4.69, 9.17) is 0 Å². The minimum absolute atomic E-state index is 0.0112. The number of benzene rings is 1. The van der Waals surface area contributed by atoms with Crippen LogP contribution < -0.4 is 0 Å². The number of H-pyrrole nitrogens is 1. The van der Waals surface area contributed by atoms with Gasteiger partial charge in [0.15, 0.2) is 0 Å². The summed E-state index contributed by atoms with van der Waals surface area (Å²) in [5, 5.41) is 7.87. The SMILES string of the molecule is CC(C)(c1ccccc1)c1n[nH]c2c1CCCC2. The van der Waals surface area contributed by atoms with Gasteiger partial charge < -0.3 is 0 Å². The van der Waals surface area contributed by atoms with E-state index in [0.717, 1.165) is 6.42 Å². The van der Waals surface area contributed by atoms with Gasteiger partial charge in [-0.1, -0.05) is 44.2 Å². The molecule has 0 saturated carbocycles. The van der Waals surface area contributed by atoms with Gasteiger partial charge in [0.1, 0.15) is 0 Å². The second-order valence-corrected chi connectivity index (χ2v) is 5.73. The molecule has 94 valence electrons. The van der Waals surface area contributed by atoms with Gasteiger partial charge in [0.2, 0.25) is 0 Å². The Bertz CT molecular complexity index is 537. The molecule has 1 aliphatic rings. The first-order chi connectivity index (χ1) is 8.69. The zero-order chi connectivity index (χ0) is 12.6. The van der Waals surface area contributed by atoms with E-state index in [1.807, 2.05) is 0 Å². The molecule has 0 aliphatic heterocycles. The lowest BCUT2D eigenvalue weighted by Gasteiger charge is -2.25. The lowest BCUT2D eigenvalue weighted by atomic mass is 9.78. The van der Waals surface area contributed by atoms with E-state index in [9.17, 15) is 0 Å². The van der Waals surface area contributed by atoms with Crippen LogP contribution in [0.25, 0.3) is 0 Å². The maximum Gasteiger partial charge on any atom is 0.0756 e. The van der Waals surface area contributed by atoms with Crippen molar-refractivity contribution >= 4 is 0 Å². The smallest absolute Gasteiger partial charge is 0.0756 e. The third-order valence-corrected chi connectivity index (χ3v) is 4.14. The van der Waals surface area contributed by atoms with Crippen LogP contribution in [-0.4, -0.2) is 10.2 Å². The Hall–Kier alpha value is -1.57. The highest BCUT2D eigenvalue weighted by atomic mass is 15.1. The van der Waals surface area contributed by atoms with E-state index in [2.05, 4.69) is 54.4 Å². The van der Waals surface area contributed by atoms with Gasteiger partial charge in [-0.25, -0.2) is 0 Å². The van der Waals surface area contributed by atoms with Crippen molar-refractivity contribution in [1.29, 1.82) is 0 Å². The van der Waals surface area contributed by atoms with Crippen molar-refractivity contribution < 1.29 is 0 Å². The van der Waals surface area contributed by atoms with Crippen molar-refractivity contribution in [3.63, 3.8) is 0 Å². The van der Waals surface area contributed by atoms with Crippen molar-refractivity contribution in [2.45, 2.75) is 44.9 Å². The van der Waals surface area contributed by atoms with E-state index in [1.54, 1.807) is 0 Å². The lowest BCUT2D eigenvalue weighted by molar-refractivity contribution is 0.598. The quantitative estimate of drug-likeness (QED) is 0.853. The molecule has 18 heavy (non-hydrogen) atoms. The molecule has 1 N–H and O–H groups in total. The van der Waals surface area contributed by atoms with Crippen molar-refractivity contribution in [2.24, 2.45) is 0 Å². The molecule has 0 fully saturated rings. The predicted molar refractivity (Wildman–Crippen MR) is 73.8 cm³/mol. The van der Waals surface area contributed by atoms with Crippen molar-refractivity contribution in [3.05, 3.63) is 52.8 Å². The number of fused-ring (bicyclic) bond motifs is 1. The van der Waals surface area contributed by atoms with Crippen molar-refractivity contribution in [3.8, 4) is 0 Å². The number of rotatable bonds is 2. The van der Waals surface area contributed by atoms with Gasteiger partial charge in [-0.05, 0) is 36.8 Å². The zero-order valence-corrected chi connectivity index (χ0v) is 11.2. The van der Waals surface area contributed by atoms with Crippen LogP contribution in [-0.2, 0) is 18.3 Å². The van der Waals surface area contributed by atoms with Gasteiger partial charge >= 0.3 is 0 Å². The largest absolute Gasteiger partial charge is 0.282 e. The van der Waals surface area contributed by atoms with Gasteiger partial charge in [0.05, 0.1) is 5.69 Å². The topological polar surface area (TPSA) is 28.7 Å². The molecule has 2 heteroatoms. The monoisotopic (exact) mass is 240 g/mol. The lowest BCUT2D eigenvalue weighted by Crippen LogP contribution is -2.22. The van der Waals surface area contributed by atoms with Crippen LogP contribution >= 0.6 is 0 Å². The molecule has 2 nitrogen and oxygen atoms in total. The number of aryl methyl sites for hydroxylation is 1. The Morgan fingerprint density at radius 1 is 1.06 bits per heavy atom. The Labute approximate surface area is 108 Å². The van der Waals surface area contributed by atoms with E-state index < -0.39 is 0 Å². The molecule has 1 aromatic heterocycles. The van der Waals surface area contributed by atoms with Crippen LogP contribution in [0, 0.1) is 0 Å². The average Bonchev–Trinajstić information content (AvgIpc) is 2.84. The Kier molecular flexibility index (Phi) is 2.73. The van der Waals surface area contributed by atoms with Crippen molar-refractivity contribution in [1.82, 2.24) is 10.2 Å². The van der Waals surface area contributed by atoms with Crippen LogP contribution in [0.15, 0.2) is 30.3 Å². The molecule has 0 amide bonds. The normalized spacial score (nSPS) is 15.4. The fourth-order valence-electron chi connectivity index (χ4n) is 2.99. The molecule has 3 rings (SSSR count). The first-order valence-corrected chi connectivity index (χ1v) is 6.82. The second kappa shape index (κ2) is 4.27. The van der Waals surface area contributed by atoms with Crippen molar-refractivity contribution in [2.75, 3.05) is 0 Å². The maximum atomic E-state index is 4.62. The molecule has 1 aromatic carbocycles. The molecule has 0 radical (unpaired) electrons. The van der Waals surface area contributed by atoms with E-state index in [1.165, 1.54) is 41.8 Å². The Balaban J connectivity index is 2.06. The Morgan fingerprint density at radius 3 is 2.56 bits per heavy atom. The first kappa shape index (κ1) is 11.5. The van der Waals surface area contributed by atoms with E-state index >= 15 is 0 Å². The number of nitrogens with zero attached hydrogens (tertiary/aromatic N) is 1. The number of nitrogens with one attached hydrogen (secondary N) is 1. The number of hydrogen-bond acceptors (Lipinski definition) is 1. The standard InChI is InChI=1S/C16H20N2/c1-16(2,12-8-4-3-5-9-12)15-13-10-6-7-11-14(13)17-18-15/h3-5,8-9H,6-7,10-11H2,1-2H3,(H,17,18). The molecule has 0 unspecified atom stereocenters. The van der Waals surface area contributed by atoms with Gasteiger partial charge in [0, 0.05) is 11.1 Å². The van der Waals surface area contributed by atoms with Gasteiger partial charge in [-0.3, -0.25) is 5.10 Å². The number of aromatic nitrogens is 2. The zero-order valence-electron chi connectivity index (χ0n) is 11.2. The summed E-state index contributed by atoms with van der Waals surface area (Å²) in [6.45, 7) is 4.54. The molecule has 1 heterocycles. The average molecular weight is 240 g/mol. The molecule has 2 aromatic rings. The summed E-state index contributed by atoms with van der Waals surface area (Å²) in [5.74, 6) is 0. The summed E-state index contributed by atoms with van der Waals surface area (Å²) in [4.78, 5) is 0. The highest BCUT2D eigenvalue weighted by Gasteiger charge is 2.30. The van der Waals surface area contributed by atoms with Crippen LogP contribution in [0.4, 0.5) is 0 Å². The van der Waals surface area contributed by atoms with Crippen LogP contribution in [0.1, 0.15) is 49.2 Å². The van der Waals surface area contributed by atoms with Gasteiger partial charge in [-0.2, -0.15) is 5.10 Å². The van der Waals surface area contributed by atoms with E-state index in [0.29, 0.717) is 0 Å². The number of hydrogen-bond donors (Lipinski definition) is 1. The third kappa shape index (κ3) is 1.76. The fraction of sp³-hybridized carbons (Fsp3) is 0.438. The molecule has 1 aliphatic carbocycles. The highest BCUT2D eigenvalue weighted by Crippen LogP contribution is 2.35. The number of aromatic amines is 1. The maximum absolute atomic E-state index is 4.62. The van der Waals surface area contributed by atoms with Crippen LogP contribution in [0.3, 0.4) is 0 Å². The predicted octanol–water partition coefficient (Wildman–Crippen LogP) is 3.61. The molecule has 0 saturated heterocycles. The first-order valence-electron chi connectivity index (χ1n) is 6.82. The highest BCUT2D eigenvalue weighted by molar-refractivity contribution is 5.40. The summed E-state index contributed by atoms with van der Waals surface area (Å²) in [6, 6.07) is 10.7. The minimum Gasteiger partial charge on any atom is -0.282 e. The molecule has 0 spiro atoms. The second-order valence-electron chi connectivity index (χ2n) is 5.73. The summed E-state index contributed by atoms with van der Waals surface area (Å²) >= 11 is 0. The van der Waals surface area contributed by atoms with E-state index in [-0.39, 0.29) is 5.41 Å². The van der Waals surface area contributed by atoms with Crippen LogP contribution in [0.2, 0.25) is 0 Å². The fourth-order valence-corrected chi connectivity index (χ4v) is 2.99. The minimum atomic E-state index is -0.0112. The summed E-state index contributed by atoms with van der Waals surface area (Å²) < 4.78 is 0.